The van der Waals surface area contributed by atoms with Gasteiger partial charge in [-0.05, 0) is 19.1 Å². The van der Waals surface area contributed by atoms with Crippen LogP contribution in [-0.4, -0.2) is 9.38 Å². The maximum Gasteiger partial charge on any atom is 0.151 e. The van der Waals surface area contributed by atoms with Crippen molar-refractivity contribution in [1.82, 2.24) is 9.38 Å². The number of hydrogen-bond donors (Lipinski definition) is 0. The van der Waals surface area contributed by atoms with Crippen molar-refractivity contribution in [3.05, 3.63) is 35.2 Å². The standard InChI is InChI=1S/C8H7ClN2/c1-6-8(9)10-7-4-2-3-5-11(6)7/h2-5H,1H3. The second-order valence-electron chi connectivity index (χ2n) is 2.42. The lowest BCUT2D eigenvalue weighted by Crippen LogP contribution is -1.83. The SMILES string of the molecule is Cc1c(Cl)nc2ccccn12. The van der Waals surface area contributed by atoms with Gasteiger partial charge in [-0.2, -0.15) is 0 Å². The summed E-state index contributed by atoms with van der Waals surface area (Å²) in [5, 5.41) is 0.580. The molecule has 2 heterocycles. The molecule has 0 saturated heterocycles. The molecule has 11 heavy (non-hydrogen) atoms. The van der Waals surface area contributed by atoms with Crippen molar-refractivity contribution in [2.75, 3.05) is 0 Å². The van der Waals surface area contributed by atoms with Crippen LogP contribution >= 0.6 is 11.6 Å². The lowest BCUT2D eigenvalue weighted by atomic mass is 10.4. The smallest absolute Gasteiger partial charge is 0.151 e. The van der Waals surface area contributed by atoms with Gasteiger partial charge >= 0.3 is 0 Å². The largest absolute Gasteiger partial charge is 0.303 e. The van der Waals surface area contributed by atoms with E-state index in [-0.39, 0.29) is 0 Å². The lowest BCUT2D eigenvalue weighted by Gasteiger charge is -1.92. The van der Waals surface area contributed by atoms with E-state index in [0.29, 0.717) is 5.15 Å². The van der Waals surface area contributed by atoms with Crippen molar-refractivity contribution in [2.45, 2.75) is 6.92 Å². The Morgan fingerprint density at radius 3 is 3.00 bits per heavy atom. The van der Waals surface area contributed by atoms with Crippen LogP contribution in [0.2, 0.25) is 5.15 Å². The first-order chi connectivity index (χ1) is 5.29. The highest BCUT2D eigenvalue weighted by molar-refractivity contribution is 6.30. The van der Waals surface area contributed by atoms with Crippen LogP contribution in [0.3, 0.4) is 0 Å². The van der Waals surface area contributed by atoms with Crippen molar-refractivity contribution in [2.24, 2.45) is 0 Å². The molecule has 3 heteroatoms. The Bertz CT molecular complexity index is 392. The Morgan fingerprint density at radius 1 is 1.45 bits per heavy atom. The fourth-order valence-electron chi connectivity index (χ4n) is 1.09. The van der Waals surface area contributed by atoms with Gasteiger partial charge < -0.3 is 4.40 Å². The predicted octanol–water partition coefficient (Wildman–Crippen LogP) is 2.30. The minimum atomic E-state index is 0.580. The number of nitrogens with zero attached hydrogens (tertiary/aromatic N) is 2. The Kier molecular flexibility index (Phi) is 1.36. The minimum absolute atomic E-state index is 0.580. The summed E-state index contributed by atoms with van der Waals surface area (Å²) in [5.41, 5.74) is 1.89. The van der Waals surface area contributed by atoms with Gasteiger partial charge in [-0.15, -0.1) is 0 Å². The summed E-state index contributed by atoms with van der Waals surface area (Å²) in [5.74, 6) is 0. The maximum absolute atomic E-state index is 5.82. The van der Waals surface area contributed by atoms with Crippen LogP contribution in [0.1, 0.15) is 5.69 Å². The number of pyridine rings is 1. The number of rotatable bonds is 0. The first kappa shape index (κ1) is 6.68. The van der Waals surface area contributed by atoms with Gasteiger partial charge in [0.05, 0.1) is 5.69 Å². The van der Waals surface area contributed by atoms with E-state index in [1.54, 1.807) is 0 Å². The zero-order chi connectivity index (χ0) is 7.84. The molecule has 0 saturated carbocycles. The molecule has 56 valence electrons. The molecule has 2 nitrogen and oxygen atoms in total. The third-order valence-corrected chi connectivity index (χ3v) is 2.07. The van der Waals surface area contributed by atoms with Crippen LogP contribution in [0.4, 0.5) is 0 Å². The molecule has 0 atom stereocenters. The fraction of sp³-hybridized carbons (Fsp3) is 0.125. The van der Waals surface area contributed by atoms with E-state index in [1.807, 2.05) is 35.7 Å². The molecule has 0 fully saturated rings. The first-order valence-corrected chi connectivity index (χ1v) is 3.76. The number of halogens is 1. The monoisotopic (exact) mass is 166 g/mol. The quantitative estimate of drug-likeness (QED) is 0.587. The highest BCUT2D eigenvalue weighted by Crippen LogP contribution is 2.15. The molecule has 2 rings (SSSR count). The van der Waals surface area contributed by atoms with E-state index in [9.17, 15) is 0 Å². The van der Waals surface area contributed by atoms with E-state index in [4.69, 9.17) is 11.6 Å². The number of hydrogen-bond acceptors (Lipinski definition) is 1. The van der Waals surface area contributed by atoms with Crippen molar-refractivity contribution in [1.29, 1.82) is 0 Å². The number of aromatic nitrogens is 2. The molecule has 0 amide bonds. The highest BCUT2D eigenvalue weighted by Gasteiger charge is 2.02. The average Bonchev–Trinajstić information content (AvgIpc) is 2.30. The first-order valence-electron chi connectivity index (χ1n) is 3.38. The van der Waals surface area contributed by atoms with Crippen molar-refractivity contribution >= 4 is 17.2 Å². The molecule has 2 aromatic heterocycles. The van der Waals surface area contributed by atoms with E-state index < -0.39 is 0 Å². The summed E-state index contributed by atoms with van der Waals surface area (Å²) in [6.45, 7) is 1.95. The summed E-state index contributed by atoms with van der Waals surface area (Å²) < 4.78 is 1.96. The van der Waals surface area contributed by atoms with Gasteiger partial charge in [0.25, 0.3) is 0 Å². The van der Waals surface area contributed by atoms with Crippen LogP contribution in [0, 0.1) is 6.92 Å². The topological polar surface area (TPSA) is 17.3 Å². The molecule has 0 bridgehead atoms. The van der Waals surface area contributed by atoms with Gasteiger partial charge in [-0.3, -0.25) is 0 Å². The second-order valence-corrected chi connectivity index (χ2v) is 2.77. The van der Waals surface area contributed by atoms with E-state index in [1.165, 1.54) is 0 Å². The molecule has 0 aliphatic rings. The summed E-state index contributed by atoms with van der Waals surface area (Å²) in [7, 11) is 0. The van der Waals surface area contributed by atoms with Gasteiger partial charge in [-0.25, -0.2) is 4.98 Å². The van der Waals surface area contributed by atoms with Crippen LogP contribution in [0.15, 0.2) is 24.4 Å². The summed E-state index contributed by atoms with van der Waals surface area (Å²) in [6, 6.07) is 5.83. The van der Waals surface area contributed by atoms with Crippen LogP contribution in [0.25, 0.3) is 5.65 Å². The predicted molar refractivity (Wildman–Crippen MR) is 44.9 cm³/mol. The van der Waals surface area contributed by atoms with Crippen molar-refractivity contribution < 1.29 is 0 Å². The van der Waals surface area contributed by atoms with Gasteiger partial charge in [0.1, 0.15) is 5.65 Å². The normalized spacial score (nSPS) is 10.7. The zero-order valence-electron chi connectivity index (χ0n) is 6.08. The number of fused-ring (bicyclic) bond motifs is 1. The Balaban J connectivity index is 2.92. The molecule has 0 N–H and O–H groups in total. The molecule has 0 aliphatic heterocycles. The summed E-state index contributed by atoms with van der Waals surface area (Å²) >= 11 is 5.82. The van der Waals surface area contributed by atoms with Crippen molar-refractivity contribution in [3.8, 4) is 0 Å². The number of aryl methyl sites for hydroxylation is 1. The Hall–Kier alpha value is -1.02. The Labute approximate surface area is 69.4 Å². The van der Waals surface area contributed by atoms with E-state index >= 15 is 0 Å². The van der Waals surface area contributed by atoms with Gasteiger partial charge in [-0.1, -0.05) is 17.7 Å². The maximum atomic E-state index is 5.82. The van der Waals surface area contributed by atoms with Crippen LogP contribution in [-0.2, 0) is 0 Å². The molecular formula is C8H7ClN2. The van der Waals surface area contributed by atoms with Gasteiger partial charge in [0.2, 0.25) is 0 Å². The highest BCUT2D eigenvalue weighted by atomic mass is 35.5. The molecule has 0 aromatic carbocycles. The third-order valence-electron chi connectivity index (χ3n) is 1.71. The molecule has 2 aromatic rings. The minimum Gasteiger partial charge on any atom is -0.303 e. The third kappa shape index (κ3) is 0.906. The van der Waals surface area contributed by atoms with E-state index in [2.05, 4.69) is 4.98 Å². The lowest BCUT2D eigenvalue weighted by molar-refractivity contribution is 1.11. The van der Waals surface area contributed by atoms with Gasteiger partial charge in [0, 0.05) is 6.20 Å². The zero-order valence-corrected chi connectivity index (χ0v) is 6.84. The van der Waals surface area contributed by atoms with Crippen LogP contribution < -0.4 is 0 Å². The molecule has 0 spiro atoms. The molecule has 0 radical (unpaired) electrons. The molecular weight excluding hydrogens is 160 g/mol. The van der Waals surface area contributed by atoms with E-state index in [0.717, 1.165) is 11.3 Å². The summed E-state index contributed by atoms with van der Waals surface area (Å²) in [4.78, 5) is 4.14. The fourth-order valence-corrected chi connectivity index (χ4v) is 1.27. The van der Waals surface area contributed by atoms with Gasteiger partial charge in [0.15, 0.2) is 5.15 Å². The molecule has 0 unspecified atom stereocenters. The van der Waals surface area contributed by atoms with Crippen molar-refractivity contribution in [3.63, 3.8) is 0 Å². The van der Waals surface area contributed by atoms with Crippen LogP contribution in [0.5, 0.6) is 0 Å². The average molecular weight is 167 g/mol. The molecule has 0 aliphatic carbocycles. The second kappa shape index (κ2) is 2.24. The Morgan fingerprint density at radius 2 is 2.27 bits per heavy atom. The summed E-state index contributed by atoms with van der Waals surface area (Å²) in [6.07, 6.45) is 1.95. The number of imidazole rings is 1.